The van der Waals surface area contributed by atoms with Crippen LogP contribution in [0.15, 0.2) is 0 Å². The van der Waals surface area contributed by atoms with Gasteiger partial charge in [-0.05, 0) is 0 Å². The predicted octanol–water partition coefficient (Wildman–Crippen LogP) is -3.44. The Balaban J connectivity index is 3.25. The van der Waals surface area contributed by atoms with Crippen LogP contribution in [0.1, 0.15) is 6.92 Å². The van der Waals surface area contributed by atoms with Crippen molar-refractivity contribution in [3.8, 4) is 0 Å². The molecule has 19 heavy (non-hydrogen) atoms. The lowest BCUT2D eigenvalue weighted by atomic mass is 9.99. The Bertz CT molecular complexity index is 446. The van der Waals surface area contributed by atoms with Crippen LogP contribution in [0.5, 0.6) is 0 Å². The van der Waals surface area contributed by atoms with Crippen molar-refractivity contribution in [3.05, 3.63) is 0 Å². The summed E-state index contributed by atoms with van der Waals surface area (Å²) >= 11 is 0. The van der Waals surface area contributed by atoms with E-state index >= 15 is 0 Å². The summed E-state index contributed by atoms with van der Waals surface area (Å²) in [5, 5.41) is 34.3. The van der Waals surface area contributed by atoms with Gasteiger partial charge in [0.25, 0.3) is 0 Å². The molecule has 5 N–H and O–H groups in total. The molecule has 0 saturated carbocycles. The summed E-state index contributed by atoms with van der Waals surface area (Å²) in [4.78, 5) is 10.8. The summed E-state index contributed by atoms with van der Waals surface area (Å²) in [5.74, 6) is -1.09. The standard InChI is InChI=1S/C8H14O10S/c1-3(10)17-7-6(12)5(11)4(2-9)18-8(7,13)19(14,15)16/h4-7,9,11-13H,2H2,1H3,(H,14,15,16)/t4-,5+,6+,7-,8+/m1/s1. The maximum absolute atomic E-state index is 11.1. The fourth-order valence-corrected chi connectivity index (χ4v) is 2.37. The van der Waals surface area contributed by atoms with E-state index in [-0.39, 0.29) is 0 Å². The van der Waals surface area contributed by atoms with Crippen molar-refractivity contribution in [3.63, 3.8) is 0 Å². The van der Waals surface area contributed by atoms with E-state index < -0.39 is 52.2 Å². The Morgan fingerprint density at radius 3 is 2.26 bits per heavy atom. The van der Waals surface area contributed by atoms with Crippen molar-refractivity contribution in [2.75, 3.05) is 6.61 Å². The van der Waals surface area contributed by atoms with Gasteiger partial charge < -0.3 is 29.9 Å². The van der Waals surface area contributed by atoms with E-state index in [1.165, 1.54) is 0 Å². The van der Waals surface area contributed by atoms with E-state index in [1.54, 1.807) is 0 Å². The van der Waals surface area contributed by atoms with Crippen LogP contribution in [0.3, 0.4) is 0 Å². The van der Waals surface area contributed by atoms with Gasteiger partial charge in [-0.2, -0.15) is 8.42 Å². The second-order valence-corrected chi connectivity index (χ2v) is 5.49. The molecule has 0 bridgehead atoms. The summed E-state index contributed by atoms with van der Waals surface area (Å²) in [7, 11) is -5.35. The summed E-state index contributed by atoms with van der Waals surface area (Å²) in [6.07, 6.45) is -7.91. The van der Waals surface area contributed by atoms with Crippen molar-refractivity contribution in [1.82, 2.24) is 0 Å². The fourth-order valence-electron chi connectivity index (χ4n) is 1.64. The van der Waals surface area contributed by atoms with Crippen LogP contribution in [0, 0.1) is 0 Å². The molecule has 11 heteroatoms. The molecule has 0 radical (unpaired) electrons. The van der Waals surface area contributed by atoms with Gasteiger partial charge in [0.15, 0.2) is 0 Å². The van der Waals surface area contributed by atoms with E-state index in [1.807, 2.05) is 0 Å². The molecule has 0 amide bonds. The first-order valence-corrected chi connectivity index (χ1v) is 6.50. The van der Waals surface area contributed by atoms with Gasteiger partial charge >= 0.3 is 21.2 Å². The minimum Gasteiger partial charge on any atom is -0.453 e. The highest BCUT2D eigenvalue weighted by molar-refractivity contribution is 7.86. The third-order valence-corrected chi connectivity index (χ3v) is 3.63. The monoisotopic (exact) mass is 302 g/mol. The van der Waals surface area contributed by atoms with Crippen LogP contribution in [0.25, 0.3) is 0 Å². The lowest BCUT2D eigenvalue weighted by molar-refractivity contribution is -0.313. The van der Waals surface area contributed by atoms with E-state index in [0.717, 1.165) is 6.92 Å². The van der Waals surface area contributed by atoms with Crippen LogP contribution in [0.2, 0.25) is 0 Å². The molecule has 0 aromatic heterocycles. The van der Waals surface area contributed by atoms with E-state index in [0.29, 0.717) is 0 Å². The smallest absolute Gasteiger partial charge is 0.338 e. The summed E-state index contributed by atoms with van der Waals surface area (Å²) < 4.78 is 40.0. The number of ether oxygens (including phenoxy) is 2. The van der Waals surface area contributed by atoms with Gasteiger partial charge in [-0.25, -0.2) is 0 Å². The first kappa shape index (κ1) is 16.2. The fraction of sp³-hybridized carbons (Fsp3) is 0.875. The van der Waals surface area contributed by atoms with Crippen molar-refractivity contribution < 1.29 is 47.7 Å². The quantitative estimate of drug-likeness (QED) is 0.261. The van der Waals surface area contributed by atoms with Crippen molar-refractivity contribution in [2.24, 2.45) is 0 Å². The summed E-state index contributed by atoms with van der Waals surface area (Å²) in [6.45, 7) is -0.107. The molecule has 1 saturated heterocycles. The Labute approximate surface area is 107 Å². The van der Waals surface area contributed by atoms with Crippen LogP contribution < -0.4 is 0 Å². The average Bonchev–Trinajstić information content (AvgIpc) is 2.27. The molecule has 0 unspecified atom stereocenters. The van der Waals surface area contributed by atoms with Gasteiger partial charge in [0.1, 0.15) is 18.3 Å². The van der Waals surface area contributed by atoms with E-state index in [4.69, 9.17) is 9.66 Å². The molecule has 5 atom stereocenters. The van der Waals surface area contributed by atoms with Gasteiger partial charge in [-0.15, -0.1) is 0 Å². The number of rotatable bonds is 3. The predicted molar refractivity (Wildman–Crippen MR) is 56.0 cm³/mol. The molecule has 0 aromatic carbocycles. The lowest BCUT2D eigenvalue weighted by Crippen LogP contribution is -2.68. The molecule has 1 aliphatic rings. The van der Waals surface area contributed by atoms with Crippen LogP contribution in [-0.2, 0) is 24.4 Å². The summed E-state index contributed by atoms with van der Waals surface area (Å²) in [5.41, 5.74) is 0. The molecular weight excluding hydrogens is 288 g/mol. The minimum absolute atomic E-state index is 0.849. The number of hydrogen-bond acceptors (Lipinski definition) is 9. The largest absolute Gasteiger partial charge is 0.453 e. The molecule has 1 rings (SSSR count). The second kappa shape index (κ2) is 5.28. The third-order valence-electron chi connectivity index (χ3n) is 2.56. The minimum atomic E-state index is -5.35. The lowest BCUT2D eigenvalue weighted by Gasteiger charge is -2.44. The Morgan fingerprint density at radius 2 is 1.89 bits per heavy atom. The number of aliphatic hydroxyl groups is 4. The van der Waals surface area contributed by atoms with E-state index in [2.05, 4.69) is 9.47 Å². The Kier molecular flexibility index (Phi) is 4.51. The second-order valence-electron chi connectivity index (χ2n) is 3.96. The molecule has 0 aliphatic carbocycles. The molecular formula is C8H14O10S. The molecule has 112 valence electrons. The molecule has 1 aliphatic heterocycles. The topological polar surface area (TPSA) is 171 Å². The average molecular weight is 302 g/mol. The van der Waals surface area contributed by atoms with Gasteiger partial charge in [0.05, 0.1) is 6.61 Å². The molecule has 10 nitrogen and oxygen atoms in total. The van der Waals surface area contributed by atoms with Crippen molar-refractivity contribution >= 4 is 16.1 Å². The molecule has 0 spiro atoms. The first-order chi connectivity index (χ1) is 8.54. The number of hydrogen-bond donors (Lipinski definition) is 5. The normalized spacial score (nSPS) is 39.9. The van der Waals surface area contributed by atoms with Gasteiger partial charge in [-0.3, -0.25) is 9.35 Å². The highest BCUT2D eigenvalue weighted by atomic mass is 32.2. The van der Waals surface area contributed by atoms with Gasteiger partial charge in [0.2, 0.25) is 6.10 Å². The first-order valence-electron chi connectivity index (χ1n) is 5.06. The zero-order chi connectivity index (χ0) is 15.0. The maximum Gasteiger partial charge on any atom is 0.338 e. The SMILES string of the molecule is CC(=O)O[C@@H]1[C@@H](O)[C@@H](O)[C@@H](CO)O[C@]1(O)S(=O)(=O)O. The third kappa shape index (κ3) is 2.86. The number of carbonyl (C=O) groups excluding carboxylic acids is 1. The number of esters is 1. The molecule has 1 heterocycles. The van der Waals surface area contributed by atoms with Gasteiger partial charge in [0, 0.05) is 6.92 Å². The van der Waals surface area contributed by atoms with Crippen LogP contribution in [0.4, 0.5) is 0 Å². The van der Waals surface area contributed by atoms with Crippen molar-refractivity contribution in [2.45, 2.75) is 36.5 Å². The summed E-state index contributed by atoms with van der Waals surface area (Å²) in [6, 6.07) is 0. The highest BCUT2D eigenvalue weighted by Crippen LogP contribution is 2.33. The molecule has 1 fully saturated rings. The number of carbonyl (C=O) groups is 1. The van der Waals surface area contributed by atoms with Crippen LogP contribution >= 0.6 is 0 Å². The maximum atomic E-state index is 11.1. The van der Waals surface area contributed by atoms with Gasteiger partial charge in [-0.1, -0.05) is 0 Å². The zero-order valence-electron chi connectivity index (χ0n) is 9.70. The van der Waals surface area contributed by atoms with Crippen LogP contribution in [-0.4, -0.2) is 75.5 Å². The van der Waals surface area contributed by atoms with E-state index in [9.17, 15) is 28.5 Å². The Morgan fingerprint density at radius 1 is 1.37 bits per heavy atom. The van der Waals surface area contributed by atoms with Crippen molar-refractivity contribution in [1.29, 1.82) is 0 Å². The highest BCUT2D eigenvalue weighted by Gasteiger charge is 2.62. The Hall–Kier alpha value is -0.820. The molecule has 0 aromatic rings. The number of aliphatic hydroxyl groups excluding tert-OH is 3. The zero-order valence-corrected chi connectivity index (χ0v) is 10.5.